The van der Waals surface area contributed by atoms with Gasteiger partial charge in [0.05, 0.1) is 18.8 Å². The van der Waals surface area contributed by atoms with Crippen LogP contribution in [0.2, 0.25) is 0 Å². The number of rotatable bonds is 8. The van der Waals surface area contributed by atoms with E-state index in [1.165, 1.54) is 6.07 Å². The van der Waals surface area contributed by atoms with E-state index in [0.29, 0.717) is 40.9 Å². The zero-order chi connectivity index (χ0) is 24.4. The molecule has 5 rings (SSSR count). The van der Waals surface area contributed by atoms with Gasteiger partial charge in [-0.3, -0.25) is 15.2 Å². The average molecular weight is 480 g/mol. The second-order valence-corrected chi connectivity index (χ2v) is 9.25. The topological polar surface area (TPSA) is 114 Å². The minimum atomic E-state index is -1.15. The van der Waals surface area contributed by atoms with Gasteiger partial charge in [-0.1, -0.05) is 25.0 Å². The SMILES string of the molecule is O=C(NC1CCCC1)c1cccc([C@H](CO)NC(O)N2CCc3cc(-c4cn[nH]c4)c(F)cc32)c1. The van der Waals surface area contributed by atoms with Crippen molar-refractivity contribution in [1.82, 2.24) is 20.8 Å². The van der Waals surface area contributed by atoms with Gasteiger partial charge in [0, 0.05) is 41.2 Å². The highest BCUT2D eigenvalue weighted by Gasteiger charge is 2.29. The second kappa shape index (κ2) is 10.2. The summed E-state index contributed by atoms with van der Waals surface area (Å²) in [5, 5.41) is 33.7. The highest BCUT2D eigenvalue weighted by atomic mass is 19.1. The number of H-pyrrole nitrogens is 1. The van der Waals surface area contributed by atoms with Gasteiger partial charge in [-0.2, -0.15) is 5.10 Å². The molecule has 1 amide bonds. The molecule has 9 heteroatoms. The number of halogens is 1. The average Bonchev–Trinajstić information content (AvgIpc) is 3.64. The number of carbonyl (C=O) groups excluding carboxylic acids is 1. The molecule has 5 N–H and O–H groups in total. The van der Waals surface area contributed by atoms with Crippen molar-refractivity contribution in [2.75, 3.05) is 18.1 Å². The number of aliphatic hydroxyl groups is 2. The Bertz CT molecular complexity index is 1180. The van der Waals surface area contributed by atoms with Crippen molar-refractivity contribution in [3.8, 4) is 11.1 Å². The molecule has 3 aromatic rings. The molecule has 0 spiro atoms. The molecule has 1 aliphatic carbocycles. The smallest absolute Gasteiger partial charge is 0.251 e. The number of hydrogen-bond acceptors (Lipinski definition) is 6. The van der Waals surface area contributed by atoms with Crippen molar-refractivity contribution in [2.24, 2.45) is 0 Å². The van der Waals surface area contributed by atoms with Gasteiger partial charge >= 0.3 is 0 Å². The summed E-state index contributed by atoms with van der Waals surface area (Å²) in [5.41, 5.74) is 3.86. The Morgan fingerprint density at radius 3 is 2.83 bits per heavy atom. The van der Waals surface area contributed by atoms with Crippen molar-refractivity contribution in [3.05, 3.63) is 71.3 Å². The van der Waals surface area contributed by atoms with Crippen LogP contribution in [0.5, 0.6) is 0 Å². The number of aromatic amines is 1. The van der Waals surface area contributed by atoms with Gasteiger partial charge in [-0.15, -0.1) is 0 Å². The highest BCUT2D eigenvalue weighted by molar-refractivity contribution is 5.94. The zero-order valence-corrected chi connectivity index (χ0v) is 19.4. The molecule has 1 fully saturated rings. The third kappa shape index (κ3) is 4.93. The number of hydrogen-bond donors (Lipinski definition) is 5. The van der Waals surface area contributed by atoms with Crippen LogP contribution in [-0.4, -0.2) is 51.9 Å². The monoisotopic (exact) mass is 479 g/mol. The van der Waals surface area contributed by atoms with Crippen LogP contribution in [0.1, 0.15) is 53.2 Å². The maximum atomic E-state index is 14.9. The third-order valence-corrected chi connectivity index (χ3v) is 6.98. The molecule has 1 saturated carbocycles. The number of amides is 1. The van der Waals surface area contributed by atoms with E-state index < -0.39 is 18.2 Å². The van der Waals surface area contributed by atoms with E-state index in [2.05, 4.69) is 20.8 Å². The molecule has 1 aliphatic heterocycles. The summed E-state index contributed by atoms with van der Waals surface area (Å²) in [4.78, 5) is 14.4. The first-order valence-corrected chi connectivity index (χ1v) is 12.1. The van der Waals surface area contributed by atoms with Crippen LogP contribution < -0.4 is 15.5 Å². The maximum Gasteiger partial charge on any atom is 0.251 e. The van der Waals surface area contributed by atoms with Crippen LogP contribution in [0.25, 0.3) is 11.1 Å². The number of aliphatic hydroxyl groups excluding tert-OH is 2. The van der Waals surface area contributed by atoms with Crippen molar-refractivity contribution < 1.29 is 19.4 Å². The lowest BCUT2D eigenvalue weighted by atomic mass is 10.0. The van der Waals surface area contributed by atoms with Crippen LogP contribution in [0.3, 0.4) is 0 Å². The molecule has 0 radical (unpaired) electrons. The van der Waals surface area contributed by atoms with E-state index >= 15 is 0 Å². The van der Waals surface area contributed by atoms with Crippen molar-refractivity contribution in [3.63, 3.8) is 0 Å². The molecule has 0 bridgehead atoms. The third-order valence-electron chi connectivity index (χ3n) is 6.98. The summed E-state index contributed by atoms with van der Waals surface area (Å²) in [6, 6.07) is 9.88. The standard InChI is InChI=1S/C26H30FN5O3/c27-22-12-24-17(11-21(22)19-13-28-29-14-19)8-9-32(24)26(35)31-23(15-33)16-4-3-5-18(10-16)25(34)30-20-6-1-2-7-20/h3-5,10-14,20,23,26,31,33,35H,1-2,6-9,15H2,(H,28,29)(H,30,34)/t23-,26?/m0/s1. The summed E-state index contributed by atoms with van der Waals surface area (Å²) in [7, 11) is 0. The van der Waals surface area contributed by atoms with Crippen LogP contribution in [0.15, 0.2) is 48.8 Å². The summed E-state index contributed by atoms with van der Waals surface area (Å²) >= 11 is 0. The highest BCUT2D eigenvalue weighted by Crippen LogP contribution is 2.35. The van der Waals surface area contributed by atoms with Crippen molar-refractivity contribution >= 4 is 11.6 Å². The van der Waals surface area contributed by atoms with E-state index in [1.54, 1.807) is 41.6 Å². The van der Waals surface area contributed by atoms with Crippen molar-refractivity contribution in [2.45, 2.75) is 50.5 Å². The fraction of sp³-hybridized carbons (Fsp3) is 0.385. The minimum Gasteiger partial charge on any atom is -0.394 e. The number of carbonyl (C=O) groups is 1. The van der Waals surface area contributed by atoms with E-state index in [1.807, 2.05) is 6.07 Å². The Labute approximate surface area is 203 Å². The molecule has 1 unspecified atom stereocenters. The molecule has 0 saturated heterocycles. The lowest BCUT2D eigenvalue weighted by Gasteiger charge is -2.30. The van der Waals surface area contributed by atoms with Crippen LogP contribution in [0.4, 0.5) is 10.1 Å². The number of nitrogens with zero attached hydrogens (tertiary/aromatic N) is 2. The van der Waals surface area contributed by atoms with Gasteiger partial charge in [0.15, 0.2) is 6.35 Å². The number of benzene rings is 2. The maximum absolute atomic E-state index is 14.9. The number of aromatic nitrogens is 2. The second-order valence-electron chi connectivity index (χ2n) is 9.25. The number of anilines is 1. The summed E-state index contributed by atoms with van der Waals surface area (Å²) in [6.45, 7) is 0.221. The predicted octanol–water partition coefficient (Wildman–Crippen LogP) is 2.85. The Kier molecular flexibility index (Phi) is 6.81. The first kappa shape index (κ1) is 23.5. The van der Waals surface area contributed by atoms with Crippen molar-refractivity contribution in [1.29, 1.82) is 0 Å². The summed E-state index contributed by atoms with van der Waals surface area (Å²) in [6.07, 6.45) is 6.98. The molecule has 2 aromatic carbocycles. The van der Waals surface area contributed by atoms with E-state index in [0.717, 1.165) is 31.2 Å². The lowest BCUT2D eigenvalue weighted by molar-refractivity contribution is 0.0937. The van der Waals surface area contributed by atoms with Crippen LogP contribution in [-0.2, 0) is 6.42 Å². The first-order valence-electron chi connectivity index (χ1n) is 12.1. The van der Waals surface area contributed by atoms with Gasteiger partial charge in [-0.25, -0.2) is 4.39 Å². The van der Waals surface area contributed by atoms with E-state index in [9.17, 15) is 19.4 Å². The molecular formula is C26H30FN5O3. The van der Waals surface area contributed by atoms with E-state index in [-0.39, 0.29) is 18.6 Å². The van der Waals surface area contributed by atoms with Gasteiger partial charge in [-0.05, 0) is 54.7 Å². The Balaban J connectivity index is 1.30. The molecular weight excluding hydrogens is 449 g/mol. The molecule has 35 heavy (non-hydrogen) atoms. The molecule has 2 aliphatic rings. The van der Waals surface area contributed by atoms with Crippen LogP contribution in [0, 0.1) is 5.82 Å². The fourth-order valence-electron chi connectivity index (χ4n) is 5.07. The minimum absolute atomic E-state index is 0.131. The van der Waals surface area contributed by atoms with Gasteiger partial charge in [0.25, 0.3) is 5.91 Å². The van der Waals surface area contributed by atoms with Gasteiger partial charge < -0.3 is 20.4 Å². The molecule has 1 aromatic heterocycles. The Morgan fingerprint density at radius 1 is 1.26 bits per heavy atom. The number of nitrogens with one attached hydrogen (secondary N) is 3. The fourth-order valence-corrected chi connectivity index (χ4v) is 5.07. The van der Waals surface area contributed by atoms with Gasteiger partial charge in [0.2, 0.25) is 0 Å². The van der Waals surface area contributed by atoms with Gasteiger partial charge in [0.1, 0.15) is 5.82 Å². The molecule has 184 valence electrons. The largest absolute Gasteiger partial charge is 0.394 e. The first-order chi connectivity index (χ1) is 17.0. The molecule has 2 heterocycles. The Morgan fingerprint density at radius 2 is 2.09 bits per heavy atom. The predicted molar refractivity (Wildman–Crippen MR) is 130 cm³/mol. The summed E-state index contributed by atoms with van der Waals surface area (Å²) < 4.78 is 14.9. The lowest BCUT2D eigenvalue weighted by Crippen LogP contribution is -2.47. The Hall–Kier alpha value is -3.27. The number of fused-ring (bicyclic) bond motifs is 1. The van der Waals surface area contributed by atoms with E-state index in [4.69, 9.17) is 0 Å². The normalized spacial score (nSPS) is 17.4. The molecule has 2 atom stereocenters. The quantitative estimate of drug-likeness (QED) is 0.318. The zero-order valence-electron chi connectivity index (χ0n) is 19.4. The molecule has 8 nitrogen and oxygen atoms in total. The van der Waals surface area contributed by atoms with Crippen LogP contribution >= 0.6 is 0 Å². The summed E-state index contributed by atoms with van der Waals surface area (Å²) in [5.74, 6) is -0.530.